The van der Waals surface area contributed by atoms with Gasteiger partial charge in [0, 0.05) is 28.1 Å². The summed E-state index contributed by atoms with van der Waals surface area (Å²) >= 11 is 4.72. The minimum Gasteiger partial charge on any atom is -0.325 e. The Labute approximate surface area is 151 Å². The molecule has 3 aromatic rings. The molecule has 0 aliphatic rings. The third-order valence-corrected chi connectivity index (χ3v) is 4.93. The molecule has 0 saturated carbocycles. The van der Waals surface area contributed by atoms with Crippen LogP contribution in [-0.2, 0) is 4.79 Å². The van der Waals surface area contributed by atoms with Crippen LogP contribution in [0.15, 0.2) is 52.4 Å². The lowest BCUT2D eigenvalue weighted by atomic mass is 10.2. The molecule has 0 aliphatic heterocycles. The topological polar surface area (TPSA) is 83.6 Å². The number of amides is 1. The fraction of sp³-hybridized carbons (Fsp3) is 0.125. The molecule has 0 fully saturated rings. The highest BCUT2D eigenvalue weighted by molar-refractivity contribution is 9.10. The van der Waals surface area contributed by atoms with E-state index in [4.69, 9.17) is 0 Å². The van der Waals surface area contributed by atoms with E-state index in [-0.39, 0.29) is 11.7 Å². The van der Waals surface area contributed by atoms with Crippen molar-refractivity contribution in [1.82, 2.24) is 20.2 Å². The van der Waals surface area contributed by atoms with Gasteiger partial charge in [-0.25, -0.2) is 4.98 Å². The summed E-state index contributed by atoms with van der Waals surface area (Å²) in [4.78, 5) is 20.4. The molecule has 8 heteroatoms. The van der Waals surface area contributed by atoms with Crippen LogP contribution in [0.25, 0.3) is 11.4 Å². The van der Waals surface area contributed by atoms with Crippen molar-refractivity contribution < 1.29 is 4.79 Å². The SMILES string of the molecule is Cc1cc(NC(=O)CSc2n[nH]c(-c3ccncc3)n2)ccc1Br. The maximum atomic E-state index is 12.0. The standard InChI is InChI=1S/C16H14BrN5OS/c1-10-8-12(2-3-13(10)17)19-14(23)9-24-16-20-15(21-22-16)11-4-6-18-7-5-11/h2-8H,9H2,1H3,(H,19,23)(H,20,21,22). The quantitative estimate of drug-likeness (QED) is 0.634. The van der Waals surface area contributed by atoms with Gasteiger partial charge >= 0.3 is 0 Å². The Hall–Kier alpha value is -2.19. The fourth-order valence-electron chi connectivity index (χ4n) is 2.00. The van der Waals surface area contributed by atoms with Gasteiger partial charge in [0.1, 0.15) is 0 Å². The Balaban J connectivity index is 1.56. The van der Waals surface area contributed by atoms with E-state index in [9.17, 15) is 4.79 Å². The van der Waals surface area contributed by atoms with Gasteiger partial charge < -0.3 is 5.32 Å². The molecule has 6 nitrogen and oxygen atoms in total. The van der Waals surface area contributed by atoms with Gasteiger partial charge in [-0.3, -0.25) is 14.9 Å². The molecule has 0 unspecified atom stereocenters. The second kappa shape index (κ2) is 7.59. The number of thioether (sulfide) groups is 1. The zero-order valence-corrected chi connectivity index (χ0v) is 15.2. The van der Waals surface area contributed by atoms with Crippen molar-refractivity contribution in [2.45, 2.75) is 12.1 Å². The van der Waals surface area contributed by atoms with Gasteiger partial charge in [0.2, 0.25) is 11.1 Å². The Bertz CT molecular complexity index is 853. The summed E-state index contributed by atoms with van der Waals surface area (Å²) < 4.78 is 1.01. The molecule has 3 rings (SSSR count). The Morgan fingerprint density at radius 1 is 1.29 bits per heavy atom. The van der Waals surface area contributed by atoms with Crippen LogP contribution in [0.3, 0.4) is 0 Å². The number of carbonyl (C=O) groups excluding carboxylic acids is 1. The number of rotatable bonds is 5. The number of nitrogens with one attached hydrogen (secondary N) is 2. The molecule has 1 aromatic carbocycles. The normalized spacial score (nSPS) is 10.6. The summed E-state index contributed by atoms with van der Waals surface area (Å²) in [5, 5.41) is 10.4. The van der Waals surface area contributed by atoms with Gasteiger partial charge in [-0.15, -0.1) is 5.10 Å². The Morgan fingerprint density at radius 3 is 2.83 bits per heavy atom. The van der Waals surface area contributed by atoms with Crippen LogP contribution in [0.4, 0.5) is 5.69 Å². The molecule has 0 saturated heterocycles. The highest BCUT2D eigenvalue weighted by atomic mass is 79.9. The van der Waals surface area contributed by atoms with Crippen LogP contribution >= 0.6 is 27.7 Å². The zero-order valence-electron chi connectivity index (χ0n) is 12.8. The van der Waals surface area contributed by atoms with Gasteiger partial charge in [0.15, 0.2) is 5.82 Å². The molecule has 122 valence electrons. The summed E-state index contributed by atoms with van der Waals surface area (Å²) in [5.41, 5.74) is 2.74. The number of pyridine rings is 1. The van der Waals surface area contributed by atoms with E-state index in [2.05, 4.69) is 41.4 Å². The van der Waals surface area contributed by atoms with Crippen molar-refractivity contribution in [2.75, 3.05) is 11.1 Å². The van der Waals surface area contributed by atoms with E-state index in [0.29, 0.717) is 11.0 Å². The minimum absolute atomic E-state index is 0.100. The van der Waals surface area contributed by atoms with Crippen molar-refractivity contribution in [1.29, 1.82) is 0 Å². The summed E-state index contributed by atoms with van der Waals surface area (Å²) in [6, 6.07) is 9.37. The van der Waals surface area contributed by atoms with E-state index >= 15 is 0 Å². The second-order valence-corrected chi connectivity index (χ2v) is 6.80. The largest absolute Gasteiger partial charge is 0.325 e. The minimum atomic E-state index is -0.100. The maximum absolute atomic E-state index is 12.0. The van der Waals surface area contributed by atoms with Crippen LogP contribution in [0.5, 0.6) is 0 Å². The lowest BCUT2D eigenvalue weighted by Gasteiger charge is -2.06. The number of aromatic nitrogens is 4. The number of anilines is 1. The van der Waals surface area contributed by atoms with Gasteiger partial charge in [-0.1, -0.05) is 27.7 Å². The first-order valence-corrected chi connectivity index (χ1v) is 8.91. The van der Waals surface area contributed by atoms with Crippen molar-refractivity contribution in [3.05, 3.63) is 52.8 Å². The number of aryl methyl sites for hydroxylation is 1. The molecule has 1 amide bonds. The van der Waals surface area contributed by atoms with E-state index in [1.165, 1.54) is 11.8 Å². The number of halogens is 1. The van der Waals surface area contributed by atoms with Gasteiger partial charge in [-0.2, -0.15) is 0 Å². The maximum Gasteiger partial charge on any atom is 0.234 e. The lowest BCUT2D eigenvalue weighted by molar-refractivity contribution is -0.113. The molecule has 0 bridgehead atoms. The molecule has 0 spiro atoms. The molecular weight excluding hydrogens is 390 g/mol. The van der Waals surface area contributed by atoms with E-state index in [1.807, 2.05) is 37.3 Å². The highest BCUT2D eigenvalue weighted by Gasteiger charge is 2.09. The predicted octanol–water partition coefficient (Wildman–Crippen LogP) is 3.67. The first kappa shape index (κ1) is 16.7. The summed E-state index contributed by atoms with van der Waals surface area (Å²) in [6.45, 7) is 1.97. The molecule has 24 heavy (non-hydrogen) atoms. The summed E-state index contributed by atoms with van der Waals surface area (Å²) in [5.74, 6) is 0.795. The average Bonchev–Trinajstić information content (AvgIpc) is 3.06. The fourth-order valence-corrected chi connectivity index (χ4v) is 2.84. The first-order valence-electron chi connectivity index (χ1n) is 7.13. The third kappa shape index (κ3) is 4.21. The molecule has 0 aliphatic carbocycles. The number of hydrogen-bond acceptors (Lipinski definition) is 5. The number of carbonyl (C=O) groups is 1. The molecule has 2 N–H and O–H groups in total. The van der Waals surface area contributed by atoms with Crippen LogP contribution in [0.1, 0.15) is 5.56 Å². The van der Waals surface area contributed by atoms with Crippen LogP contribution in [0.2, 0.25) is 0 Å². The molecular formula is C16H14BrN5OS. The van der Waals surface area contributed by atoms with E-state index < -0.39 is 0 Å². The smallest absolute Gasteiger partial charge is 0.234 e. The van der Waals surface area contributed by atoms with Gasteiger partial charge in [0.25, 0.3) is 0 Å². The number of aromatic amines is 1. The van der Waals surface area contributed by atoms with Gasteiger partial charge in [0.05, 0.1) is 5.75 Å². The second-order valence-electron chi connectivity index (χ2n) is 5.00. The number of benzene rings is 1. The first-order chi connectivity index (χ1) is 11.6. The van der Waals surface area contributed by atoms with Crippen molar-refractivity contribution in [3.8, 4) is 11.4 Å². The molecule has 2 heterocycles. The van der Waals surface area contributed by atoms with Crippen molar-refractivity contribution >= 4 is 39.3 Å². The van der Waals surface area contributed by atoms with Crippen molar-refractivity contribution in [3.63, 3.8) is 0 Å². The number of H-pyrrole nitrogens is 1. The number of hydrogen-bond donors (Lipinski definition) is 2. The Morgan fingerprint density at radius 2 is 2.08 bits per heavy atom. The Kier molecular flexibility index (Phi) is 5.27. The molecule has 0 atom stereocenters. The van der Waals surface area contributed by atoms with E-state index in [1.54, 1.807) is 12.4 Å². The highest BCUT2D eigenvalue weighted by Crippen LogP contribution is 2.21. The number of nitrogens with zero attached hydrogens (tertiary/aromatic N) is 3. The predicted molar refractivity (Wildman–Crippen MR) is 97.8 cm³/mol. The average molecular weight is 404 g/mol. The van der Waals surface area contributed by atoms with Crippen molar-refractivity contribution in [2.24, 2.45) is 0 Å². The zero-order chi connectivity index (χ0) is 16.9. The summed E-state index contributed by atoms with van der Waals surface area (Å²) in [6.07, 6.45) is 3.39. The van der Waals surface area contributed by atoms with Gasteiger partial charge in [-0.05, 0) is 42.8 Å². The summed E-state index contributed by atoms with van der Waals surface area (Å²) in [7, 11) is 0. The lowest BCUT2D eigenvalue weighted by Crippen LogP contribution is -2.14. The monoisotopic (exact) mass is 403 g/mol. The molecule has 0 radical (unpaired) electrons. The van der Waals surface area contributed by atoms with Crippen LogP contribution < -0.4 is 5.32 Å². The van der Waals surface area contributed by atoms with E-state index in [0.717, 1.165) is 21.3 Å². The van der Waals surface area contributed by atoms with Crippen LogP contribution in [0, 0.1) is 6.92 Å². The van der Waals surface area contributed by atoms with Crippen LogP contribution in [-0.4, -0.2) is 31.8 Å². The molecule has 2 aromatic heterocycles. The third-order valence-electron chi connectivity index (χ3n) is 3.19.